The molecule has 0 radical (unpaired) electrons. The Hall–Kier alpha value is -3.26. The Morgan fingerprint density at radius 3 is 2.67 bits per heavy atom. The SMILES string of the molecule is COC(=O)CCCN1C(=S)N[C@@H](c2ccccn2)[C@H]1c1cc(C)n(-c2cc(C)ccn2)c1C. The number of ether oxygens (including phenoxy) is 1. The van der Waals surface area contributed by atoms with Crippen LogP contribution in [0.15, 0.2) is 48.8 Å². The number of aryl methyl sites for hydroxylation is 2. The van der Waals surface area contributed by atoms with Crippen LogP contribution in [0.1, 0.15) is 53.1 Å². The predicted octanol–water partition coefficient (Wildman–Crippen LogP) is 4.12. The number of carbonyl (C=O) groups is 1. The molecule has 0 aliphatic carbocycles. The minimum absolute atomic E-state index is 0.0604. The van der Waals surface area contributed by atoms with Gasteiger partial charge in [0.25, 0.3) is 0 Å². The Morgan fingerprint density at radius 1 is 1.15 bits per heavy atom. The van der Waals surface area contributed by atoms with Crippen LogP contribution in [0.3, 0.4) is 0 Å². The number of pyridine rings is 2. The zero-order valence-corrected chi connectivity index (χ0v) is 20.2. The van der Waals surface area contributed by atoms with Gasteiger partial charge in [0.15, 0.2) is 5.11 Å². The largest absolute Gasteiger partial charge is 0.469 e. The molecule has 0 unspecified atom stereocenters. The van der Waals surface area contributed by atoms with Crippen LogP contribution in [0.5, 0.6) is 0 Å². The van der Waals surface area contributed by atoms with Gasteiger partial charge in [0.1, 0.15) is 5.82 Å². The van der Waals surface area contributed by atoms with Gasteiger partial charge in [0.2, 0.25) is 0 Å². The number of carbonyl (C=O) groups excluding carboxylic acids is 1. The van der Waals surface area contributed by atoms with E-state index in [4.69, 9.17) is 17.0 Å². The third kappa shape index (κ3) is 4.61. The van der Waals surface area contributed by atoms with E-state index < -0.39 is 0 Å². The Labute approximate surface area is 199 Å². The molecule has 172 valence electrons. The smallest absolute Gasteiger partial charge is 0.305 e. The van der Waals surface area contributed by atoms with Crippen molar-refractivity contribution in [3.05, 3.63) is 77.0 Å². The molecule has 1 N–H and O–H groups in total. The van der Waals surface area contributed by atoms with Crippen molar-refractivity contribution in [2.24, 2.45) is 0 Å². The molecule has 0 saturated carbocycles. The normalized spacial score (nSPS) is 17.8. The van der Waals surface area contributed by atoms with E-state index in [2.05, 4.69) is 57.7 Å². The predicted molar refractivity (Wildman–Crippen MR) is 131 cm³/mol. The van der Waals surface area contributed by atoms with Gasteiger partial charge in [-0.05, 0) is 80.9 Å². The number of methoxy groups -OCH3 is 1. The first-order valence-electron chi connectivity index (χ1n) is 11.1. The van der Waals surface area contributed by atoms with Crippen LogP contribution in [0.4, 0.5) is 0 Å². The number of esters is 1. The zero-order valence-electron chi connectivity index (χ0n) is 19.4. The van der Waals surface area contributed by atoms with Crippen LogP contribution in [0.25, 0.3) is 5.82 Å². The van der Waals surface area contributed by atoms with E-state index >= 15 is 0 Å². The van der Waals surface area contributed by atoms with Crippen LogP contribution in [-0.2, 0) is 9.53 Å². The summed E-state index contributed by atoms with van der Waals surface area (Å²) in [7, 11) is 1.42. The highest BCUT2D eigenvalue weighted by molar-refractivity contribution is 7.80. The number of hydrogen-bond donors (Lipinski definition) is 1. The van der Waals surface area contributed by atoms with Crippen molar-refractivity contribution >= 4 is 23.3 Å². The molecule has 0 amide bonds. The molecule has 4 heterocycles. The lowest BCUT2D eigenvalue weighted by atomic mass is 9.96. The third-order valence-electron chi connectivity index (χ3n) is 6.12. The number of aromatic nitrogens is 3. The van der Waals surface area contributed by atoms with Crippen molar-refractivity contribution in [3.8, 4) is 5.82 Å². The van der Waals surface area contributed by atoms with Gasteiger partial charge in [-0.25, -0.2) is 4.98 Å². The zero-order chi connectivity index (χ0) is 23.5. The highest BCUT2D eigenvalue weighted by Gasteiger charge is 2.41. The van der Waals surface area contributed by atoms with Gasteiger partial charge >= 0.3 is 5.97 Å². The summed E-state index contributed by atoms with van der Waals surface area (Å²) in [5.41, 5.74) is 5.47. The molecule has 0 bridgehead atoms. The minimum Gasteiger partial charge on any atom is -0.469 e. The lowest BCUT2D eigenvalue weighted by Crippen LogP contribution is -2.31. The third-order valence-corrected chi connectivity index (χ3v) is 6.48. The average molecular weight is 464 g/mol. The van der Waals surface area contributed by atoms with Crippen molar-refractivity contribution in [1.82, 2.24) is 24.8 Å². The first-order chi connectivity index (χ1) is 15.9. The molecule has 3 aromatic rings. The summed E-state index contributed by atoms with van der Waals surface area (Å²) in [6, 6.07) is 12.1. The molecule has 2 atom stereocenters. The standard InChI is InChI=1S/C25H29N5O2S/c1-16-10-12-27-21(14-16)30-17(2)15-19(18(30)3)24-23(20-8-5-6-11-26-20)28-25(33)29(24)13-7-9-22(31)32-4/h5-6,8,10-12,14-15,23-24H,7,9,13H2,1-4H3,(H,28,33)/t23-,24+/m0/s1. The minimum atomic E-state index is -0.213. The number of thiocarbonyl (C=S) groups is 1. The lowest BCUT2D eigenvalue weighted by Gasteiger charge is -2.28. The molecule has 0 spiro atoms. The monoisotopic (exact) mass is 463 g/mol. The summed E-state index contributed by atoms with van der Waals surface area (Å²) < 4.78 is 7.00. The maximum absolute atomic E-state index is 11.7. The van der Waals surface area contributed by atoms with Crippen LogP contribution in [0, 0.1) is 20.8 Å². The van der Waals surface area contributed by atoms with E-state index in [0.717, 1.165) is 34.0 Å². The van der Waals surface area contributed by atoms with Crippen LogP contribution in [0.2, 0.25) is 0 Å². The molecular formula is C25H29N5O2S. The summed E-state index contributed by atoms with van der Waals surface area (Å²) in [5.74, 6) is 0.686. The molecule has 33 heavy (non-hydrogen) atoms. The lowest BCUT2D eigenvalue weighted by molar-refractivity contribution is -0.140. The Morgan fingerprint density at radius 2 is 1.97 bits per heavy atom. The Bertz CT molecular complexity index is 1160. The number of nitrogens with zero attached hydrogens (tertiary/aromatic N) is 4. The average Bonchev–Trinajstić information content (AvgIpc) is 3.29. The second kappa shape index (κ2) is 9.70. The summed E-state index contributed by atoms with van der Waals surface area (Å²) in [6.45, 7) is 6.93. The molecule has 8 heteroatoms. The molecule has 0 aromatic carbocycles. The quantitative estimate of drug-likeness (QED) is 0.417. The highest BCUT2D eigenvalue weighted by Crippen LogP contribution is 2.41. The van der Waals surface area contributed by atoms with Crippen molar-refractivity contribution < 1.29 is 9.53 Å². The van der Waals surface area contributed by atoms with Gasteiger partial charge < -0.3 is 19.5 Å². The highest BCUT2D eigenvalue weighted by atomic mass is 32.1. The molecule has 1 saturated heterocycles. The van der Waals surface area contributed by atoms with Gasteiger partial charge in [-0.2, -0.15) is 0 Å². The van der Waals surface area contributed by atoms with Crippen LogP contribution < -0.4 is 5.32 Å². The van der Waals surface area contributed by atoms with Gasteiger partial charge in [0, 0.05) is 36.7 Å². The van der Waals surface area contributed by atoms with E-state index in [0.29, 0.717) is 24.5 Å². The summed E-state index contributed by atoms with van der Waals surface area (Å²) in [5, 5.41) is 4.15. The van der Waals surface area contributed by atoms with Gasteiger partial charge in [-0.15, -0.1) is 0 Å². The van der Waals surface area contributed by atoms with Crippen molar-refractivity contribution in [2.75, 3.05) is 13.7 Å². The van der Waals surface area contributed by atoms with E-state index in [-0.39, 0.29) is 18.1 Å². The van der Waals surface area contributed by atoms with E-state index in [9.17, 15) is 4.79 Å². The molecule has 3 aromatic heterocycles. The van der Waals surface area contributed by atoms with Gasteiger partial charge in [-0.1, -0.05) is 6.07 Å². The molecule has 7 nitrogen and oxygen atoms in total. The first kappa shape index (κ1) is 22.9. The second-order valence-corrected chi connectivity index (χ2v) is 8.74. The fourth-order valence-electron chi connectivity index (χ4n) is 4.56. The summed E-state index contributed by atoms with van der Waals surface area (Å²) in [6.07, 6.45) is 4.64. The van der Waals surface area contributed by atoms with Crippen molar-refractivity contribution in [1.29, 1.82) is 0 Å². The van der Waals surface area contributed by atoms with Crippen molar-refractivity contribution in [2.45, 2.75) is 45.7 Å². The van der Waals surface area contributed by atoms with E-state index in [1.807, 2.05) is 30.5 Å². The molecule has 4 rings (SSSR count). The topological polar surface area (TPSA) is 72.3 Å². The summed E-state index contributed by atoms with van der Waals surface area (Å²) >= 11 is 5.75. The van der Waals surface area contributed by atoms with Gasteiger partial charge in [-0.3, -0.25) is 9.78 Å². The molecule has 1 aliphatic rings. The van der Waals surface area contributed by atoms with Crippen LogP contribution >= 0.6 is 12.2 Å². The molecule has 1 fully saturated rings. The maximum atomic E-state index is 11.7. The number of rotatable bonds is 7. The molecule has 1 aliphatic heterocycles. The number of hydrogen-bond acceptors (Lipinski definition) is 5. The fourth-order valence-corrected chi connectivity index (χ4v) is 4.89. The van der Waals surface area contributed by atoms with E-state index in [1.54, 1.807) is 6.20 Å². The molecular weight excluding hydrogens is 434 g/mol. The first-order valence-corrected chi connectivity index (χ1v) is 11.5. The fraction of sp³-hybridized carbons (Fsp3) is 0.360. The maximum Gasteiger partial charge on any atom is 0.305 e. The van der Waals surface area contributed by atoms with Crippen molar-refractivity contribution in [3.63, 3.8) is 0 Å². The van der Waals surface area contributed by atoms with E-state index in [1.165, 1.54) is 7.11 Å². The van der Waals surface area contributed by atoms with Crippen LogP contribution in [-0.4, -0.2) is 44.2 Å². The van der Waals surface area contributed by atoms with Gasteiger partial charge in [0.05, 0.1) is 24.9 Å². The number of nitrogens with one attached hydrogen (secondary N) is 1. The Balaban J connectivity index is 1.75. The summed E-state index contributed by atoms with van der Waals surface area (Å²) in [4.78, 5) is 23.1. The second-order valence-electron chi connectivity index (χ2n) is 8.35. The Kier molecular flexibility index (Phi) is 6.74.